The molecule has 0 aliphatic rings. The Balaban J connectivity index is 1.29. The number of halogens is 1. The predicted octanol–water partition coefficient (Wildman–Crippen LogP) is 5.66. The molecule has 32 heavy (non-hydrogen) atoms. The van der Waals surface area contributed by atoms with E-state index in [9.17, 15) is 4.39 Å². The second-order valence-corrected chi connectivity index (χ2v) is 7.85. The van der Waals surface area contributed by atoms with Gasteiger partial charge in [-0.05, 0) is 48.9 Å². The Morgan fingerprint density at radius 3 is 2.56 bits per heavy atom. The molecule has 0 atom stereocenters. The highest BCUT2D eigenvalue weighted by Crippen LogP contribution is 2.28. The molecule has 0 spiro atoms. The molecule has 2 aromatic carbocycles. The number of pyridine rings is 1. The number of fused-ring (bicyclic) bond motifs is 2. The van der Waals surface area contributed by atoms with Gasteiger partial charge in [0.15, 0.2) is 0 Å². The summed E-state index contributed by atoms with van der Waals surface area (Å²) in [5, 5.41) is 9.75. The van der Waals surface area contributed by atoms with Crippen molar-refractivity contribution in [3.63, 3.8) is 0 Å². The summed E-state index contributed by atoms with van der Waals surface area (Å²) in [5.41, 5.74) is 3.76. The van der Waals surface area contributed by atoms with E-state index in [2.05, 4.69) is 36.6 Å². The van der Waals surface area contributed by atoms with E-state index in [1.807, 2.05) is 56.4 Å². The van der Waals surface area contributed by atoms with E-state index in [0.717, 1.165) is 45.2 Å². The molecule has 160 valence electrons. The maximum absolute atomic E-state index is 14.2. The lowest BCUT2D eigenvalue weighted by Gasteiger charge is -2.09. The molecule has 7 heteroatoms. The lowest BCUT2D eigenvalue weighted by atomic mass is 10.0. The van der Waals surface area contributed by atoms with Crippen LogP contribution in [0.3, 0.4) is 0 Å². The van der Waals surface area contributed by atoms with Crippen LogP contribution in [0.1, 0.15) is 16.8 Å². The van der Waals surface area contributed by atoms with Crippen molar-refractivity contribution in [1.29, 1.82) is 0 Å². The van der Waals surface area contributed by atoms with Gasteiger partial charge >= 0.3 is 0 Å². The van der Waals surface area contributed by atoms with E-state index in [1.54, 1.807) is 0 Å². The molecule has 0 aliphatic heterocycles. The Kier molecular flexibility index (Phi) is 5.15. The van der Waals surface area contributed by atoms with Gasteiger partial charge in [0.2, 0.25) is 0 Å². The largest absolute Gasteiger partial charge is 0.370 e. The highest BCUT2D eigenvalue weighted by molar-refractivity contribution is 5.88. The monoisotopic (exact) mass is 426 g/mol. The van der Waals surface area contributed by atoms with Crippen LogP contribution in [-0.2, 0) is 6.42 Å². The third-order valence-electron chi connectivity index (χ3n) is 5.67. The summed E-state index contributed by atoms with van der Waals surface area (Å²) in [6, 6.07) is 15.3. The van der Waals surface area contributed by atoms with Crippen molar-refractivity contribution in [2.75, 3.05) is 17.2 Å². The average molecular weight is 426 g/mol. The number of aryl methyl sites for hydroxylation is 2. The summed E-state index contributed by atoms with van der Waals surface area (Å²) >= 11 is 0. The van der Waals surface area contributed by atoms with Gasteiger partial charge in [-0.2, -0.15) is 0 Å². The van der Waals surface area contributed by atoms with E-state index < -0.39 is 0 Å². The highest BCUT2D eigenvalue weighted by Gasteiger charge is 2.13. The molecule has 3 heterocycles. The zero-order valence-electron chi connectivity index (χ0n) is 17.9. The summed E-state index contributed by atoms with van der Waals surface area (Å²) in [6.07, 6.45) is 4.10. The fourth-order valence-corrected chi connectivity index (χ4v) is 4.08. The van der Waals surface area contributed by atoms with Crippen molar-refractivity contribution < 1.29 is 4.39 Å². The smallest absolute Gasteiger partial charge is 0.147 e. The van der Waals surface area contributed by atoms with Gasteiger partial charge in [-0.1, -0.05) is 30.3 Å². The molecule has 3 aromatic heterocycles. The van der Waals surface area contributed by atoms with Crippen molar-refractivity contribution in [2.24, 2.45) is 0 Å². The van der Waals surface area contributed by atoms with Crippen LogP contribution in [0.2, 0.25) is 0 Å². The number of nitrogens with one attached hydrogen (secondary N) is 3. The van der Waals surface area contributed by atoms with Crippen LogP contribution in [0, 0.1) is 19.7 Å². The number of H-pyrrole nitrogens is 1. The quantitative estimate of drug-likeness (QED) is 0.326. The molecule has 0 bridgehead atoms. The van der Waals surface area contributed by atoms with Crippen molar-refractivity contribution in [3.8, 4) is 0 Å². The van der Waals surface area contributed by atoms with Gasteiger partial charge in [-0.15, -0.1) is 0 Å². The standard InChI is InChI=1S/C25H23FN6/c1-15-7-8-20(26)25-24(15)19(16(2)31-25)9-10-27-21-12-23(30-14-29-21)32-22-11-17-5-3-4-6-18(17)13-28-22/h3-8,11-14,31H,9-10H2,1-2H3,(H2,27,28,29,30,32). The topological polar surface area (TPSA) is 78.5 Å². The minimum absolute atomic E-state index is 0.221. The third-order valence-corrected chi connectivity index (χ3v) is 5.67. The summed E-state index contributed by atoms with van der Waals surface area (Å²) in [6.45, 7) is 4.65. The third kappa shape index (κ3) is 3.85. The van der Waals surface area contributed by atoms with Crippen LogP contribution >= 0.6 is 0 Å². The van der Waals surface area contributed by atoms with Crippen LogP contribution in [-0.4, -0.2) is 26.5 Å². The second kappa shape index (κ2) is 8.26. The first-order valence-electron chi connectivity index (χ1n) is 10.5. The molecule has 0 radical (unpaired) electrons. The van der Waals surface area contributed by atoms with E-state index in [-0.39, 0.29) is 5.82 Å². The van der Waals surface area contributed by atoms with Crippen molar-refractivity contribution in [1.82, 2.24) is 19.9 Å². The highest BCUT2D eigenvalue weighted by atomic mass is 19.1. The van der Waals surface area contributed by atoms with Crippen molar-refractivity contribution in [2.45, 2.75) is 20.3 Å². The molecule has 0 unspecified atom stereocenters. The summed E-state index contributed by atoms with van der Waals surface area (Å²) in [5.74, 6) is 1.87. The Hall–Kier alpha value is -4.00. The average Bonchev–Trinajstić information content (AvgIpc) is 3.14. The van der Waals surface area contributed by atoms with Gasteiger partial charge in [-0.3, -0.25) is 0 Å². The van der Waals surface area contributed by atoms with Gasteiger partial charge in [0, 0.05) is 35.3 Å². The number of benzene rings is 2. The molecule has 3 N–H and O–H groups in total. The van der Waals surface area contributed by atoms with E-state index >= 15 is 0 Å². The first kappa shape index (κ1) is 19.9. The van der Waals surface area contributed by atoms with Crippen molar-refractivity contribution >= 4 is 39.1 Å². The number of aromatic nitrogens is 4. The molecule has 0 aliphatic carbocycles. The second-order valence-electron chi connectivity index (χ2n) is 7.85. The van der Waals surface area contributed by atoms with E-state index in [0.29, 0.717) is 23.7 Å². The number of nitrogens with zero attached hydrogens (tertiary/aromatic N) is 3. The Morgan fingerprint density at radius 1 is 0.906 bits per heavy atom. The molecule has 6 nitrogen and oxygen atoms in total. The fourth-order valence-electron chi connectivity index (χ4n) is 4.08. The molecule has 0 saturated carbocycles. The lowest BCUT2D eigenvalue weighted by Crippen LogP contribution is -2.08. The summed E-state index contributed by atoms with van der Waals surface area (Å²) < 4.78 is 14.2. The SMILES string of the molecule is Cc1[nH]c2c(F)ccc(C)c2c1CCNc1cc(Nc2cc3ccccc3cn2)ncn1. The fraction of sp³-hybridized carbons (Fsp3) is 0.160. The van der Waals surface area contributed by atoms with Crippen LogP contribution < -0.4 is 10.6 Å². The molecule has 0 fully saturated rings. The zero-order chi connectivity index (χ0) is 22.1. The zero-order valence-corrected chi connectivity index (χ0v) is 17.9. The van der Waals surface area contributed by atoms with Gasteiger partial charge in [0.1, 0.15) is 29.6 Å². The first-order valence-corrected chi connectivity index (χ1v) is 10.5. The number of rotatable bonds is 6. The van der Waals surface area contributed by atoms with Gasteiger partial charge < -0.3 is 15.6 Å². The number of hydrogen-bond acceptors (Lipinski definition) is 5. The summed E-state index contributed by atoms with van der Waals surface area (Å²) in [7, 11) is 0. The first-order chi connectivity index (χ1) is 15.6. The molecule has 0 saturated heterocycles. The minimum atomic E-state index is -0.221. The number of aromatic amines is 1. The van der Waals surface area contributed by atoms with Crippen LogP contribution in [0.5, 0.6) is 0 Å². The minimum Gasteiger partial charge on any atom is -0.370 e. The van der Waals surface area contributed by atoms with Crippen LogP contribution in [0.15, 0.2) is 61.1 Å². The predicted molar refractivity (Wildman–Crippen MR) is 127 cm³/mol. The maximum atomic E-state index is 14.2. The van der Waals surface area contributed by atoms with Crippen molar-refractivity contribution in [3.05, 3.63) is 83.7 Å². The Morgan fingerprint density at radius 2 is 1.69 bits per heavy atom. The Labute approximate surface area is 185 Å². The molecular weight excluding hydrogens is 403 g/mol. The number of anilines is 3. The van der Waals surface area contributed by atoms with Gasteiger partial charge in [-0.25, -0.2) is 19.3 Å². The molecule has 5 aromatic rings. The van der Waals surface area contributed by atoms with Gasteiger partial charge in [0.25, 0.3) is 0 Å². The van der Waals surface area contributed by atoms with E-state index in [1.165, 1.54) is 12.4 Å². The molecular formula is C25H23FN6. The van der Waals surface area contributed by atoms with E-state index in [4.69, 9.17) is 0 Å². The van der Waals surface area contributed by atoms with Gasteiger partial charge in [0.05, 0.1) is 5.52 Å². The maximum Gasteiger partial charge on any atom is 0.147 e. The van der Waals surface area contributed by atoms with Crippen LogP contribution in [0.25, 0.3) is 21.7 Å². The lowest BCUT2D eigenvalue weighted by molar-refractivity contribution is 0.637. The molecule has 0 amide bonds. The van der Waals surface area contributed by atoms with Crippen LogP contribution in [0.4, 0.5) is 21.8 Å². The summed E-state index contributed by atoms with van der Waals surface area (Å²) in [4.78, 5) is 16.3. The number of hydrogen-bond donors (Lipinski definition) is 3. The molecule has 5 rings (SSSR count). The Bertz CT molecular complexity index is 1430. The normalized spacial score (nSPS) is 11.2.